The molecule has 6 heteroatoms. The Morgan fingerprint density at radius 2 is 1.74 bits per heavy atom. The van der Waals surface area contributed by atoms with Crippen LogP contribution in [0.1, 0.15) is 57.2 Å². The summed E-state index contributed by atoms with van der Waals surface area (Å²) in [5, 5.41) is 0. The molecule has 1 N–H and O–H groups in total. The highest BCUT2D eigenvalue weighted by Gasteiger charge is 2.24. The Labute approximate surface area is 187 Å². The molecule has 2 aromatic rings. The van der Waals surface area contributed by atoms with Crippen LogP contribution in [-0.2, 0) is 14.8 Å². The second-order valence-electron chi connectivity index (χ2n) is 9.57. The summed E-state index contributed by atoms with van der Waals surface area (Å²) < 4.78 is 40.2. The largest absolute Gasteiger partial charge is 0.493 e. The first kappa shape index (κ1) is 23.8. The van der Waals surface area contributed by atoms with Crippen molar-refractivity contribution in [3.05, 3.63) is 65.7 Å². The minimum absolute atomic E-state index is 0.0261. The molecule has 2 aromatic carbocycles. The van der Waals surface area contributed by atoms with Gasteiger partial charge >= 0.3 is 0 Å². The number of nitrogens with one attached hydrogen (secondary N) is 1. The lowest BCUT2D eigenvalue weighted by atomic mass is 9.99. The molecule has 0 spiro atoms. The average Bonchev–Trinajstić information content (AvgIpc) is 3.55. The predicted octanol–water partition coefficient (Wildman–Crippen LogP) is 4.94. The highest BCUT2D eigenvalue weighted by molar-refractivity contribution is 7.89. The Balaban J connectivity index is 1.67. The third-order valence-electron chi connectivity index (χ3n) is 5.04. The van der Waals surface area contributed by atoms with Gasteiger partial charge in [0, 0.05) is 6.61 Å². The number of hydrogen-bond donors (Lipinski definition) is 1. The van der Waals surface area contributed by atoms with Crippen LogP contribution in [0.3, 0.4) is 0 Å². The molecule has 5 nitrogen and oxygen atoms in total. The summed E-state index contributed by atoms with van der Waals surface area (Å²) in [5.41, 5.74) is 1.84. The van der Waals surface area contributed by atoms with E-state index < -0.39 is 16.1 Å². The smallest absolute Gasteiger partial charge is 0.212 e. The molecular weight excluding hydrogens is 410 g/mol. The first-order valence-electron chi connectivity index (χ1n) is 11.1. The number of sulfonamides is 1. The fourth-order valence-corrected chi connectivity index (χ4v) is 4.47. The van der Waals surface area contributed by atoms with Gasteiger partial charge in [-0.15, -0.1) is 0 Å². The Morgan fingerprint density at radius 1 is 1.03 bits per heavy atom. The van der Waals surface area contributed by atoms with Gasteiger partial charge in [-0.1, -0.05) is 63.2 Å². The summed E-state index contributed by atoms with van der Waals surface area (Å²) in [6.07, 6.45) is 2.91. The van der Waals surface area contributed by atoms with Gasteiger partial charge < -0.3 is 9.47 Å². The summed E-state index contributed by atoms with van der Waals surface area (Å²) in [6, 6.07) is 16.9. The third-order valence-corrected chi connectivity index (χ3v) is 6.46. The summed E-state index contributed by atoms with van der Waals surface area (Å²) in [5.74, 6) is 1.46. The molecule has 0 amide bonds. The van der Waals surface area contributed by atoms with Crippen LogP contribution in [0.15, 0.2) is 54.6 Å². The molecule has 0 heterocycles. The second-order valence-corrected chi connectivity index (χ2v) is 11.4. The van der Waals surface area contributed by atoms with Gasteiger partial charge in [0.25, 0.3) is 0 Å². The maximum absolute atomic E-state index is 12.9. The van der Waals surface area contributed by atoms with E-state index in [1.165, 1.54) is 12.8 Å². The molecule has 1 aliphatic rings. The summed E-state index contributed by atoms with van der Waals surface area (Å²) >= 11 is 0. The number of ether oxygens (including phenoxy) is 2. The number of hydrogen-bond acceptors (Lipinski definition) is 4. The normalized spacial score (nSPS) is 15.6. The van der Waals surface area contributed by atoms with E-state index in [0.29, 0.717) is 25.6 Å². The molecule has 170 valence electrons. The Bertz CT molecular complexity index is 918. The van der Waals surface area contributed by atoms with E-state index in [-0.39, 0.29) is 11.2 Å². The van der Waals surface area contributed by atoms with Crippen molar-refractivity contribution in [2.75, 3.05) is 25.6 Å². The van der Waals surface area contributed by atoms with Crippen molar-refractivity contribution in [3.8, 4) is 5.75 Å². The fraction of sp³-hybridized carbons (Fsp3) is 0.520. The monoisotopic (exact) mass is 445 g/mol. The van der Waals surface area contributed by atoms with Crippen molar-refractivity contribution in [1.82, 2.24) is 4.72 Å². The molecule has 0 aromatic heterocycles. The average molecular weight is 446 g/mol. The fourth-order valence-electron chi connectivity index (χ4n) is 3.22. The van der Waals surface area contributed by atoms with Gasteiger partial charge in [-0.3, -0.25) is 0 Å². The third kappa shape index (κ3) is 8.63. The summed E-state index contributed by atoms with van der Waals surface area (Å²) in [6.45, 7) is 8.05. The summed E-state index contributed by atoms with van der Waals surface area (Å²) in [7, 11) is -3.49. The molecule has 1 aliphatic carbocycles. The van der Waals surface area contributed by atoms with Crippen LogP contribution in [0.4, 0.5) is 0 Å². The van der Waals surface area contributed by atoms with Crippen LogP contribution in [0.2, 0.25) is 0 Å². The molecule has 1 saturated carbocycles. The van der Waals surface area contributed by atoms with E-state index >= 15 is 0 Å². The Morgan fingerprint density at radius 3 is 2.42 bits per heavy atom. The second kappa shape index (κ2) is 10.6. The molecule has 0 saturated heterocycles. The SMILES string of the molecule is CC(C)(C)COCCCS(=O)(=O)NC(c1ccccc1)c1cccc(OCC2CC2)c1. The van der Waals surface area contributed by atoms with Crippen LogP contribution < -0.4 is 9.46 Å². The number of rotatable bonds is 12. The lowest BCUT2D eigenvalue weighted by Crippen LogP contribution is -2.32. The standard InChI is InChI=1S/C25H35NO4S/c1-25(2,3)19-29-15-8-16-31(27,28)26-24(21-9-5-4-6-10-21)22-11-7-12-23(17-22)30-18-20-13-14-20/h4-7,9-12,17,20,24,26H,8,13-16,18-19H2,1-3H3. The quantitative estimate of drug-likeness (QED) is 0.470. The zero-order valence-corrected chi connectivity index (χ0v) is 19.7. The van der Waals surface area contributed by atoms with E-state index in [2.05, 4.69) is 25.5 Å². The van der Waals surface area contributed by atoms with Crippen molar-refractivity contribution in [1.29, 1.82) is 0 Å². The first-order valence-corrected chi connectivity index (χ1v) is 12.7. The van der Waals surface area contributed by atoms with Gasteiger partial charge in [0.1, 0.15) is 5.75 Å². The van der Waals surface area contributed by atoms with E-state index in [9.17, 15) is 8.42 Å². The van der Waals surface area contributed by atoms with Crippen LogP contribution in [0.25, 0.3) is 0 Å². The van der Waals surface area contributed by atoms with Crippen molar-refractivity contribution in [3.63, 3.8) is 0 Å². The van der Waals surface area contributed by atoms with Gasteiger partial charge in [0.2, 0.25) is 10.0 Å². The minimum atomic E-state index is -3.49. The van der Waals surface area contributed by atoms with E-state index in [4.69, 9.17) is 9.47 Å². The van der Waals surface area contributed by atoms with E-state index in [1.807, 2.05) is 54.6 Å². The summed E-state index contributed by atoms with van der Waals surface area (Å²) in [4.78, 5) is 0. The van der Waals surface area contributed by atoms with Crippen LogP contribution >= 0.6 is 0 Å². The van der Waals surface area contributed by atoms with Crippen molar-refractivity contribution in [2.24, 2.45) is 11.3 Å². The molecule has 0 radical (unpaired) electrons. The first-order chi connectivity index (χ1) is 14.7. The molecule has 0 aliphatic heterocycles. The molecule has 1 atom stereocenters. The van der Waals surface area contributed by atoms with E-state index in [1.54, 1.807) is 0 Å². The number of benzene rings is 2. The van der Waals surface area contributed by atoms with Crippen molar-refractivity contribution < 1.29 is 17.9 Å². The molecule has 1 fully saturated rings. The predicted molar refractivity (Wildman–Crippen MR) is 125 cm³/mol. The molecule has 3 rings (SSSR count). The van der Waals surface area contributed by atoms with Gasteiger partial charge in [-0.2, -0.15) is 0 Å². The van der Waals surface area contributed by atoms with Crippen LogP contribution in [0.5, 0.6) is 5.75 Å². The van der Waals surface area contributed by atoms with Gasteiger partial charge in [0.15, 0.2) is 0 Å². The van der Waals surface area contributed by atoms with Crippen LogP contribution in [-0.4, -0.2) is 34.0 Å². The maximum atomic E-state index is 12.9. The van der Waals surface area contributed by atoms with Gasteiger partial charge in [-0.25, -0.2) is 13.1 Å². The van der Waals surface area contributed by atoms with Gasteiger partial charge in [0.05, 0.1) is 25.0 Å². The molecule has 1 unspecified atom stereocenters. The van der Waals surface area contributed by atoms with Crippen LogP contribution in [0, 0.1) is 11.3 Å². The van der Waals surface area contributed by atoms with Crippen molar-refractivity contribution >= 4 is 10.0 Å². The Kier molecular flexibility index (Phi) is 8.14. The zero-order valence-electron chi connectivity index (χ0n) is 18.8. The van der Waals surface area contributed by atoms with Gasteiger partial charge in [-0.05, 0) is 53.9 Å². The highest BCUT2D eigenvalue weighted by atomic mass is 32.2. The molecule has 31 heavy (non-hydrogen) atoms. The van der Waals surface area contributed by atoms with E-state index in [0.717, 1.165) is 23.5 Å². The van der Waals surface area contributed by atoms with Crippen molar-refractivity contribution in [2.45, 2.75) is 46.1 Å². The minimum Gasteiger partial charge on any atom is -0.493 e. The molecule has 0 bridgehead atoms. The highest BCUT2D eigenvalue weighted by Crippen LogP contribution is 2.31. The zero-order chi connectivity index (χ0) is 22.3. The Hall–Kier alpha value is -1.89. The topological polar surface area (TPSA) is 64.6 Å². The molecular formula is C25H35NO4S. The lowest BCUT2D eigenvalue weighted by molar-refractivity contribution is 0.0720. The maximum Gasteiger partial charge on any atom is 0.212 e. The lowest BCUT2D eigenvalue weighted by Gasteiger charge is -2.21.